The van der Waals surface area contributed by atoms with Gasteiger partial charge >= 0.3 is 0 Å². The Morgan fingerprint density at radius 3 is 2.78 bits per heavy atom. The number of carbonyl (C=O) groups excluding carboxylic acids is 1. The van der Waals surface area contributed by atoms with Gasteiger partial charge in [0, 0.05) is 35.9 Å². The van der Waals surface area contributed by atoms with Gasteiger partial charge in [-0.05, 0) is 43.0 Å². The van der Waals surface area contributed by atoms with Crippen molar-refractivity contribution in [2.75, 3.05) is 12.8 Å². The van der Waals surface area contributed by atoms with Crippen molar-refractivity contribution in [2.24, 2.45) is 0 Å². The molecule has 138 valence electrons. The Bertz CT molecular complexity index is 952. The van der Waals surface area contributed by atoms with Crippen molar-refractivity contribution in [3.8, 4) is 11.5 Å². The van der Waals surface area contributed by atoms with Crippen molar-refractivity contribution in [3.63, 3.8) is 0 Å². The van der Waals surface area contributed by atoms with Gasteiger partial charge in [0.1, 0.15) is 0 Å². The van der Waals surface area contributed by atoms with Crippen LogP contribution in [0.5, 0.6) is 0 Å². The molecule has 1 saturated heterocycles. The van der Waals surface area contributed by atoms with Gasteiger partial charge in [0.15, 0.2) is 5.82 Å². The van der Waals surface area contributed by atoms with E-state index in [1.54, 1.807) is 11.8 Å². The summed E-state index contributed by atoms with van der Waals surface area (Å²) in [6.07, 6.45) is 2.48. The minimum absolute atomic E-state index is 0.0229. The molecule has 1 unspecified atom stereocenters. The lowest BCUT2D eigenvalue weighted by Gasteiger charge is -2.16. The van der Waals surface area contributed by atoms with Crippen LogP contribution in [0.3, 0.4) is 0 Å². The Hall–Kier alpha value is -2.60. The van der Waals surface area contributed by atoms with E-state index in [9.17, 15) is 4.79 Å². The monoisotopic (exact) mass is 379 g/mol. The van der Waals surface area contributed by atoms with Gasteiger partial charge < -0.3 is 9.42 Å². The molecule has 1 amide bonds. The number of hydrogen-bond acceptors (Lipinski definition) is 5. The third-order valence-corrected chi connectivity index (χ3v) is 5.56. The zero-order valence-corrected chi connectivity index (χ0v) is 16.2. The molecule has 0 radical (unpaired) electrons. The number of aryl methyl sites for hydroxylation is 1. The average Bonchev–Trinajstić information content (AvgIpc) is 3.30. The SMILES string of the molecule is CSc1ccc(CN2CC(c3noc(-c4cccc(C)c4)n3)CC2=O)cc1. The minimum atomic E-state index is -0.0229. The first-order chi connectivity index (χ1) is 13.1. The van der Waals surface area contributed by atoms with Gasteiger partial charge in [-0.2, -0.15) is 4.98 Å². The normalized spacial score (nSPS) is 16.9. The fraction of sp³-hybridized carbons (Fsp3) is 0.286. The summed E-state index contributed by atoms with van der Waals surface area (Å²) in [4.78, 5) is 20.1. The van der Waals surface area contributed by atoms with Gasteiger partial charge in [-0.15, -0.1) is 11.8 Å². The summed E-state index contributed by atoms with van der Waals surface area (Å²) < 4.78 is 5.44. The Labute approximate surface area is 162 Å². The summed E-state index contributed by atoms with van der Waals surface area (Å²) >= 11 is 1.71. The number of nitrogens with zero attached hydrogens (tertiary/aromatic N) is 3. The van der Waals surface area contributed by atoms with Crippen molar-refractivity contribution in [2.45, 2.75) is 30.7 Å². The summed E-state index contributed by atoms with van der Waals surface area (Å²) in [5.41, 5.74) is 3.18. The van der Waals surface area contributed by atoms with Gasteiger partial charge in [0.05, 0.1) is 0 Å². The zero-order valence-electron chi connectivity index (χ0n) is 15.4. The summed E-state index contributed by atoms with van der Waals surface area (Å²) in [6, 6.07) is 16.3. The molecule has 2 aromatic carbocycles. The van der Waals surface area contributed by atoms with Crippen LogP contribution in [0.25, 0.3) is 11.5 Å². The number of likely N-dealkylation sites (tertiary alicyclic amines) is 1. The van der Waals surface area contributed by atoms with Crippen molar-refractivity contribution < 1.29 is 9.32 Å². The number of rotatable bonds is 5. The minimum Gasteiger partial charge on any atom is -0.338 e. The second-order valence-corrected chi connectivity index (χ2v) is 7.73. The van der Waals surface area contributed by atoms with Gasteiger partial charge in [-0.3, -0.25) is 4.79 Å². The van der Waals surface area contributed by atoms with Crippen LogP contribution in [0.1, 0.15) is 29.3 Å². The molecule has 0 spiro atoms. The lowest BCUT2D eigenvalue weighted by atomic mass is 10.1. The maximum absolute atomic E-state index is 12.4. The smallest absolute Gasteiger partial charge is 0.257 e. The van der Waals surface area contributed by atoms with E-state index < -0.39 is 0 Å². The van der Waals surface area contributed by atoms with E-state index in [0.29, 0.717) is 31.2 Å². The first-order valence-electron chi connectivity index (χ1n) is 8.94. The van der Waals surface area contributed by atoms with Crippen LogP contribution in [-0.4, -0.2) is 33.7 Å². The molecule has 27 heavy (non-hydrogen) atoms. The molecule has 3 aromatic rings. The molecule has 0 saturated carbocycles. The van der Waals surface area contributed by atoms with E-state index in [1.807, 2.05) is 36.1 Å². The van der Waals surface area contributed by atoms with Crippen LogP contribution in [0, 0.1) is 6.92 Å². The molecule has 0 aliphatic carbocycles. The second kappa shape index (κ2) is 7.56. The Kier molecular flexibility index (Phi) is 4.99. The molecule has 1 aliphatic heterocycles. The highest BCUT2D eigenvalue weighted by molar-refractivity contribution is 7.98. The fourth-order valence-electron chi connectivity index (χ4n) is 3.35. The van der Waals surface area contributed by atoms with E-state index in [0.717, 1.165) is 16.7 Å². The van der Waals surface area contributed by atoms with Crippen LogP contribution in [0.4, 0.5) is 0 Å². The van der Waals surface area contributed by atoms with Gasteiger partial charge in [-0.25, -0.2) is 0 Å². The number of aromatic nitrogens is 2. The van der Waals surface area contributed by atoms with E-state index in [2.05, 4.69) is 40.7 Å². The molecule has 1 aromatic heterocycles. The Morgan fingerprint density at radius 1 is 1.22 bits per heavy atom. The predicted molar refractivity (Wildman–Crippen MR) is 105 cm³/mol. The zero-order chi connectivity index (χ0) is 18.8. The standard InChI is InChI=1S/C21H21N3O2S/c1-14-4-3-5-16(10-14)21-22-20(23-26-21)17-11-19(25)24(13-17)12-15-6-8-18(27-2)9-7-15/h3-10,17H,11-13H2,1-2H3. The molecular formula is C21H21N3O2S. The van der Waals surface area contributed by atoms with E-state index >= 15 is 0 Å². The topological polar surface area (TPSA) is 59.2 Å². The van der Waals surface area contributed by atoms with Gasteiger partial charge in [0.2, 0.25) is 5.91 Å². The second-order valence-electron chi connectivity index (χ2n) is 6.85. The van der Waals surface area contributed by atoms with Crippen molar-refractivity contribution >= 4 is 17.7 Å². The van der Waals surface area contributed by atoms with Crippen LogP contribution in [0.15, 0.2) is 57.9 Å². The molecule has 2 heterocycles. The van der Waals surface area contributed by atoms with Crippen molar-refractivity contribution in [1.82, 2.24) is 15.0 Å². The first kappa shape index (κ1) is 17.8. The number of benzene rings is 2. The highest BCUT2D eigenvalue weighted by Gasteiger charge is 2.33. The highest BCUT2D eigenvalue weighted by Crippen LogP contribution is 2.29. The van der Waals surface area contributed by atoms with Gasteiger partial charge in [-0.1, -0.05) is 35.0 Å². The maximum Gasteiger partial charge on any atom is 0.257 e. The summed E-state index contributed by atoms with van der Waals surface area (Å²) in [5, 5.41) is 4.14. The summed E-state index contributed by atoms with van der Waals surface area (Å²) in [7, 11) is 0. The highest BCUT2D eigenvalue weighted by atomic mass is 32.2. The molecule has 1 fully saturated rings. The number of hydrogen-bond donors (Lipinski definition) is 0. The molecule has 6 heteroatoms. The van der Waals surface area contributed by atoms with E-state index in [4.69, 9.17) is 4.52 Å². The van der Waals surface area contributed by atoms with Gasteiger partial charge in [0.25, 0.3) is 5.89 Å². The van der Waals surface area contributed by atoms with Crippen molar-refractivity contribution in [1.29, 1.82) is 0 Å². The molecule has 1 atom stereocenters. The van der Waals surface area contributed by atoms with E-state index in [1.165, 1.54) is 4.90 Å². The molecule has 1 aliphatic rings. The van der Waals surface area contributed by atoms with E-state index in [-0.39, 0.29) is 11.8 Å². The molecule has 0 bridgehead atoms. The largest absolute Gasteiger partial charge is 0.338 e. The average molecular weight is 379 g/mol. The fourth-order valence-corrected chi connectivity index (χ4v) is 3.75. The molecular weight excluding hydrogens is 358 g/mol. The third-order valence-electron chi connectivity index (χ3n) is 4.82. The van der Waals surface area contributed by atoms with Crippen LogP contribution < -0.4 is 0 Å². The lowest BCUT2D eigenvalue weighted by Crippen LogP contribution is -2.24. The molecule has 0 N–H and O–H groups in total. The molecule has 5 nitrogen and oxygen atoms in total. The van der Waals surface area contributed by atoms with Crippen molar-refractivity contribution in [3.05, 3.63) is 65.5 Å². The van der Waals surface area contributed by atoms with Crippen LogP contribution >= 0.6 is 11.8 Å². The van der Waals surface area contributed by atoms with Crippen LogP contribution in [-0.2, 0) is 11.3 Å². The molecule has 4 rings (SSSR count). The Morgan fingerprint density at radius 2 is 2.04 bits per heavy atom. The summed E-state index contributed by atoms with van der Waals surface area (Å²) in [6.45, 7) is 3.27. The first-order valence-corrected chi connectivity index (χ1v) is 10.2. The van der Waals surface area contributed by atoms with Crippen LogP contribution in [0.2, 0.25) is 0 Å². The Balaban J connectivity index is 1.46. The summed E-state index contributed by atoms with van der Waals surface area (Å²) in [5.74, 6) is 1.23. The number of carbonyl (C=O) groups is 1. The maximum atomic E-state index is 12.4. The number of thioether (sulfide) groups is 1. The third kappa shape index (κ3) is 3.90. The predicted octanol–water partition coefficient (Wildman–Crippen LogP) is 4.28. The quantitative estimate of drug-likeness (QED) is 0.619. The number of amides is 1. The lowest BCUT2D eigenvalue weighted by molar-refractivity contribution is -0.128.